The van der Waals surface area contributed by atoms with Gasteiger partial charge < -0.3 is 11.5 Å². The van der Waals surface area contributed by atoms with Crippen LogP contribution in [-0.2, 0) is 0 Å². The lowest BCUT2D eigenvalue weighted by atomic mass is 9.96. The Kier molecular flexibility index (Phi) is 3.36. The number of rotatable bonds is 2. The van der Waals surface area contributed by atoms with Crippen molar-refractivity contribution in [3.63, 3.8) is 0 Å². The van der Waals surface area contributed by atoms with Gasteiger partial charge in [-0.25, -0.2) is 0 Å². The summed E-state index contributed by atoms with van der Waals surface area (Å²) in [5, 5.41) is 0. The number of hydrogen-bond donors (Lipinski definition) is 2. The summed E-state index contributed by atoms with van der Waals surface area (Å²) in [5.74, 6) is 0. The van der Waals surface area contributed by atoms with Crippen LogP contribution in [0, 0.1) is 6.92 Å². The van der Waals surface area contributed by atoms with E-state index < -0.39 is 0 Å². The van der Waals surface area contributed by atoms with Gasteiger partial charge in [0.1, 0.15) is 0 Å². The van der Waals surface area contributed by atoms with E-state index in [0.29, 0.717) is 11.4 Å². The fourth-order valence-electron chi connectivity index (χ4n) is 2.57. The fraction of sp³-hybridized carbons (Fsp3) is 0.0526. The monoisotopic (exact) mass is 274 g/mol. The van der Waals surface area contributed by atoms with Crippen molar-refractivity contribution < 1.29 is 0 Å². The Morgan fingerprint density at radius 1 is 0.619 bits per heavy atom. The molecule has 0 fully saturated rings. The zero-order valence-corrected chi connectivity index (χ0v) is 12.0. The van der Waals surface area contributed by atoms with E-state index in [1.807, 2.05) is 48.5 Å². The van der Waals surface area contributed by atoms with E-state index in [4.69, 9.17) is 11.5 Å². The highest BCUT2D eigenvalue weighted by atomic mass is 14.7. The van der Waals surface area contributed by atoms with E-state index >= 15 is 0 Å². The van der Waals surface area contributed by atoms with E-state index in [1.165, 1.54) is 5.56 Å². The lowest BCUT2D eigenvalue weighted by Gasteiger charge is -2.13. The molecule has 0 bridgehead atoms. The molecule has 0 aliphatic heterocycles. The van der Waals surface area contributed by atoms with Gasteiger partial charge in [0.2, 0.25) is 0 Å². The molecule has 104 valence electrons. The summed E-state index contributed by atoms with van der Waals surface area (Å²) in [4.78, 5) is 0. The Morgan fingerprint density at radius 2 is 1.19 bits per heavy atom. The average Bonchev–Trinajstić information content (AvgIpc) is 2.51. The minimum atomic E-state index is 0.639. The molecular formula is C19H18N2. The molecule has 0 radical (unpaired) electrons. The van der Waals surface area contributed by atoms with Crippen LogP contribution in [0.1, 0.15) is 5.56 Å². The second kappa shape index (κ2) is 5.33. The van der Waals surface area contributed by atoms with Crippen molar-refractivity contribution in [2.75, 3.05) is 11.5 Å². The first kappa shape index (κ1) is 13.3. The summed E-state index contributed by atoms with van der Waals surface area (Å²) >= 11 is 0. The molecule has 0 aromatic heterocycles. The first-order valence-corrected chi connectivity index (χ1v) is 6.97. The number of nitrogen functional groups attached to an aromatic ring is 2. The number of aryl methyl sites for hydroxylation is 1. The average molecular weight is 274 g/mol. The first-order chi connectivity index (χ1) is 10.2. The summed E-state index contributed by atoms with van der Waals surface area (Å²) in [6, 6.07) is 22.4. The Morgan fingerprint density at radius 3 is 1.81 bits per heavy atom. The number of benzene rings is 3. The predicted octanol–water partition coefficient (Wildman–Crippen LogP) is 4.49. The standard InChI is InChI=1S/C19H18N2/c1-13-6-5-9-15(12-13)17-11-10-16(18(20)19(17)21)14-7-3-2-4-8-14/h2-12H,20-21H2,1H3. The van der Waals surface area contributed by atoms with E-state index in [9.17, 15) is 0 Å². The van der Waals surface area contributed by atoms with Gasteiger partial charge in [0.25, 0.3) is 0 Å². The summed E-state index contributed by atoms with van der Waals surface area (Å²) in [6.45, 7) is 2.07. The third kappa shape index (κ3) is 2.48. The topological polar surface area (TPSA) is 52.0 Å². The van der Waals surface area contributed by atoms with Crippen LogP contribution in [0.25, 0.3) is 22.3 Å². The van der Waals surface area contributed by atoms with E-state index in [-0.39, 0.29) is 0 Å². The van der Waals surface area contributed by atoms with Crippen molar-refractivity contribution in [1.82, 2.24) is 0 Å². The van der Waals surface area contributed by atoms with Gasteiger partial charge in [0.05, 0.1) is 11.4 Å². The molecule has 3 aromatic carbocycles. The van der Waals surface area contributed by atoms with Crippen molar-refractivity contribution in [2.24, 2.45) is 0 Å². The summed E-state index contributed by atoms with van der Waals surface area (Å²) < 4.78 is 0. The van der Waals surface area contributed by atoms with Gasteiger partial charge in [0.15, 0.2) is 0 Å². The normalized spacial score (nSPS) is 10.5. The molecule has 0 atom stereocenters. The van der Waals surface area contributed by atoms with Gasteiger partial charge in [-0.15, -0.1) is 0 Å². The van der Waals surface area contributed by atoms with Crippen LogP contribution in [0.5, 0.6) is 0 Å². The van der Waals surface area contributed by atoms with E-state index in [1.54, 1.807) is 0 Å². The summed E-state index contributed by atoms with van der Waals surface area (Å²) in [6.07, 6.45) is 0. The second-order valence-electron chi connectivity index (χ2n) is 5.22. The van der Waals surface area contributed by atoms with Gasteiger partial charge >= 0.3 is 0 Å². The minimum absolute atomic E-state index is 0.639. The molecule has 4 N–H and O–H groups in total. The molecule has 0 unspecified atom stereocenters. The van der Waals surface area contributed by atoms with Crippen LogP contribution in [0.2, 0.25) is 0 Å². The van der Waals surface area contributed by atoms with Crippen LogP contribution < -0.4 is 11.5 Å². The molecule has 0 aliphatic rings. The van der Waals surface area contributed by atoms with Crippen molar-refractivity contribution in [3.05, 3.63) is 72.3 Å². The lowest BCUT2D eigenvalue weighted by Crippen LogP contribution is -2.00. The van der Waals surface area contributed by atoms with Crippen LogP contribution in [0.4, 0.5) is 11.4 Å². The van der Waals surface area contributed by atoms with Crippen LogP contribution in [0.15, 0.2) is 66.7 Å². The Bertz CT molecular complexity index is 777. The van der Waals surface area contributed by atoms with Crippen molar-refractivity contribution in [1.29, 1.82) is 0 Å². The van der Waals surface area contributed by atoms with Crippen LogP contribution >= 0.6 is 0 Å². The predicted molar refractivity (Wildman–Crippen MR) is 90.9 cm³/mol. The zero-order valence-electron chi connectivity index (χ0n) is 12.0. The maximum atomic E-state index is 6.28. The molecule has 0 spiro atoms. The molecule has 3 rings (SSSR count). The lowest BCUT2D eigenvalue weighted by molar-refractivity contribution is 1.47. The van der Waals surface area contributed by atoms with Gasteiger partial charge in [-0.1, -0.05) is 72.3 Å². The third-order valence-corrected chi connectivity index (χ3v) is 3.70. The van der Waals surface area contributed by atoms with Crippen LogP contribution in [-0.4, -0.2) is 0 Å². The maximum absolute atomic E-state index is 6.28. The van der Waals surface area contributed by atoms with Crippen molar-refractivity contribution >= 4 is 11.4 Å². The van der Waals surface area contributed by atoms with Crippen molar-refractivity contribution in [2.45, 2.75) is 6.92 Å². The van der Waals surface area contributed by atoms with Crippen LogP contribution in [0.3, 0.4) is 0 Å². The molecule has 0 saturated heterocycles. The molecule has 2 heteroatoms. The van der Waals surface area contributed by atoms with Gasteiger partial charge in [-0.05, 0) is 18.1 Å². The molecule has 0 heterocycles. The number of hydrogen-bond acceptors (Lipinski definition) is 2. The fourth-order valence-corrected chi connectivity index (χ4v) is 2.57. The smallest absolute Gasteiger partial charge is 0.0633 e. The largest absolute Gasteiger partial charge is 0.397 e. The molecule has 21 heavy (non-hydrogen) atoms. The highest BCUT2D eigenvalue weighted by Crippen LogP contribution is 2.37. The summed E-state index contributed by atoms with van der Waals surface area (Å²) in [5.41, 5.74) is 19.2. The Hall–Kier alpha value is -2.74. The number of nitrogens with two attached hydrogens (primary N) is 2. The van der Waals surface area contributed by atoms with E-state index in [2.05, 4.69) is 25.1 Å². The Labute approximate surface area is 125 Å². The summed E-state index contributed by atoms with van der Waals surface area (Å²) in [7, 11) is 0. The van der Waals surface area contributed by atoms with Gasteiger partial charge in [-0.3, -0.25) is 0 Å². The quantitative estimate of drug-likeness (QED) is 0.676. The van der Waals surface area contributed by atoms with Gasteiger partial charge in [-0.2, -0.15) is 0 Å². The second-order valence-corrected chi connectivity index (χ2v) is 5.22. The molecule has 0 saturated carbocycles. The molecule has 3 aromatic rings. The maximum Gasteiger partial charge on any atom is 0.0633 e. The zero-order chi connectivity index (χ0) is 14.8. The number of anilines is 2. The molecular weight excluding hydrogens is 256 g/mol. The highest BCUT2D eigenvalue weighted by molar-refractivity contribution is 5.93. The molecule has 0 amide bonds. The van der Waals surface area contributed by atoms with Gasteiger partial charge in [0, 0.05) is 11.1 Å². The van der Waals surface area contributed by atoms with E-state index in [0.717, 1.165) is 22.3 Å². The van der Waals surface area contributed by atoms with Crippen molar-refractivity contribution in [3.8, 4) is 22.3 Å². The Balaban J connectivity index is 2.13. The first-order valence-electron chi connectivity index (χ1n) is 6.97. The highest BCUT2D eigenvalue weighted by Gasteiger charge is 2.11. The molecule has 2 nitrogen and oxygen atoms in total. The SMILES string of the molecule is Cc1cccc(-c2ccc(-c3ccccc3)c(N)c2N)c1. The third-order valence-electron chi connectivity index (χ3n) is 3.70. The molecule has 0 aliphatic carbocycles. The minimum Gasteiger partial charge on any atom is -0.397 e.